The quantitative estimate of drug-likeness (QED) is 0.660. The maximum atomic E-state index is 11.9. The van der Waals surface area contributed by atoms with Crippen LogP contribution in [0.1, 0.15) is 24.3 Å². The number of benzene rings is 1. The number of aromatic nitrogens is 1. The zero-order valence-electron chi connectivity index (χ0n) is 14.2. The van der Waals surface area contributed by atoms with Crippen LogP contribution in [0.15, 0.2) is 29.8 Å². The van der Waals surface area contributed by atoms with Crippen molar-refractivity contribution in [2.45, 2.75) is 25.7 Å². The van der Waals surface area contributed by atoms with Crippen LogP contribution in [-0.2, 0) is 16.1 Å². The number of hydrogen-bond donors (Lipinski definition) is 0. The number of rotatable bonds is 7. The van der Waals surface area contributed by atoms with Crippen LogP contribution in [-0.4, -0.2) is 35.7 Å². The van der Waals surface area contributed by atoms with Crippen molar-refractivity contribution in [3.63, 3.8) is 0 Å². The molecule has 140 valence electrons. The average molecular weight is 415 g/mol. The van der Waals surface area contributed by atoms with Gasteiger partial charge in [0.25, 0.3) is 0 Å². The first-order valence-corrected chi connectivity index (χ1v) is 10.2. The van der Waals surface area contributed by atoms with Crippen molar-refractivity contribution in [1.29, 1.82) is 0 Å². The fourth-order valence-electron chi connectivity index (χ4n) is 2.85. The second-order valence-corrected chi connectivity index (χ2v) is 7.97. The number of carbonyl (C=O) groups excluding carboxylic acids is 1. The molecule has 0 amide bonds. The molecule has 0 radical (unpaired) electrons. The van der Waals surface area contributed by atoms with Gasteiger partial charge < -0.3 is 9.57 Å². The van der Waals surface area contributed by atoms with E-state index in [9.17, 15) is 4.79 Å². The summed E-state index contributed by atoms with van der Waals surface area (Å²) in [6, 6.07) is 5.20. The standard InChI is InChI=1S/C18H20Cl2N2O3S/c19-14-1-2-15(20)16(11-14)24-9-5-13-3-7-22(8-4-13)25-18(23)12-17-21-6-10-26-17/h1-2,6,10-11,13H,3-5,7-9,12H2. The summed E-state index contributed by atoms with van der Waals surface area (Å²) in [5.41, 5.74) is 0. The Labute approximate surface area is 166 Å². The first-order chi connectivity index (χ1) is 12.6. The lowest BCUT2D eigenvalue weighted by Crippen LogP contribution is -2.36. The second kappa shape index (κ2) is 9.55. The van der Waals surface area contributed by atoms with E-state index in [1.165, 1.54) is 11.3 Å². The number of ether oxygens (including phenoxy) is 1. The predicted molar refractivity (Wildman–Crippen MR) is 103 cm³/mol. The van der Waals surface area contributed by atoms with Crippen molar-refractivity contribution in [2.75, 3.05) is 19.7 Å². The van der Waals surface area contributed by atoms with E-state index in [-0.39, 0.29) is 12.4 Å². The van der Waals surface area contributed by atoms with Gasteiger partial charge in [-0.2, -0.15) is 0 Å². The molecule has 26 heavy (non-hydrogen) atoms. The first-order valence-electron chi connectivity index (χ1n) is 8.52. The SMILES string of the molecule is O=C(Cc1nccs1)ON1CCC(CCOc2cc(Cl)ccc2Cl)CC1. The third-order valence-corrected chi connectivity index (χ3v) is 5.59. The molecule has 1 fully saturated rings. The molecule has 0 atom stereocenters. The Morgan fingerprint density at radius 1 is 1.31 bits per heavy atom. The van der Waals surface area contributed by atoms with Gasteiger partial charge in [-0.1, -0.05) is 23.2 Å². The molecule has 3 rings (SSSR count). The molecule has 0 bridgehead atoms. The molecule has 0 N–H and O–H groups in total. The summed E-state index contributed by atoms with van der Waals surface area (Å²) < 4.78 is 5.75. The molecular formula is C18H20Cl2N2O3S. The number of piperidine rings is 1. The minimum atomic E-state index is -0.252. The minimum absolute atomic E-state index is 0.228. The Morgan fingerprint density at radius 3 is 2.85 bits per heavy atom. The fourth-order valence-corrected chi connectivity index (χ4v) is 3.79. The number of nitrogens with zero attached hydrogens (tertiary/aromatic N) is 2. The van der Waals surface area contributed by atoms with Crippen LogP contribution in [0.5, 0.6) is 5.75 Å². The number of hydrogen-bond acceptors (Lipinski definition) is 6. The molecule has 1 aliphatic rings. The summed E-state index contributed by atoms with van der Waals surface area (Å²) in [5.74, 6) is 0.909. The van der Waals surface area contributed by atoms with Gasteiger partial charge in [-0.25, -0.2) is 9.78 Å². The van der Waals surface area contributed by atoms with Gasteiger partial charge in [-0.15, -0.1) is 16.4 Å². The monoisotopic (exact) mass is 414 g/mol. The molecule has 0 saturated carbocycles. The zero-order valence-corrected chi connectivity index (χ0v) is 16.5. The van der Waals surface area contributed by atoms with Crippen molar-refractivity contribution in [2.24, 2.45) is 5.92 Å². The molecule has 0 aliphatic carbocycles. The topological polar surface area (TPSA) is 51.7 Å². The van der Waals surface area contributed by atoms with Gasteiger partial charge in [-0.3, -0.25) is 0 Å². The number of thiazole rings is 1. The Kier molecular flexibility index (Phi) is 7.14. The normalized spacial score (nSPS) is 15.8. The molecular weight excluding hydrogens is 395 g/mol. The Bertz CT molecular complexity index is 719. The van der Waals surface area contributed by atoms with Gasteiger partial charge in [0, 0.05) is 35.8 Å². The lowest BCUT2D eigenvalue weighted by Gasteiger charge is -2.30. The smallest absolute Gasteiger partial charge is 0.331 e. The highest BCUT2D eigenvalue weighted by Gasteiger charge is 2.22. The van der Waals surface area contributed by atoms with Crippen LogP contribution in [0.4, 0.5) is 0 Å². The molecule has 1 aromatic heterocycles. The Morgan fingerprint density at radius 2 is 2.12 bits per heavy atom. The van der Waals surface area contributed by atoms with Crippen LogP contribution in [0.3, 0.4) is 0 Å². The Balaban J connectivity index is 1.34. The molecule has 8 heteroatoms. The van der Waals surface area contributed by atoms with E-state index in [1.54, 1.807) is 29.5 Å². The maximum Gasteiger partial charge on any atom is 0.331 e. The summed E-state index contributed by atoms with van der Waals surface area (Å²) in [6.45, 7) is 2.08. The molecule has 0 spiro atoms. The summed E-state index contributed by atoms with van der Waals surface area (Å²) in [5, 5.41) is 5.56. The van der Waals surface area contributed by atoms with E-state index < -0.39 is 0 Å². The van der Waals surface area contributed by atoms with Crippen LogP contribution < -0.4 is 4.74 Å². The highest BCUT2D eigenvalue weighted by atomic mass is 35.5. The second-order valence-electron chi connectivity index (χ2n) is 6.15. The van der Waals surface area contributed by atoms with E-state index in [1.807, 2.05) is 5.38 Å². The van der Waals surface area contributed by atoms with Crippen molar-refractivity contribution in [3.05, 3.63) is 44.8 Å². The lowest BCUT2D eigenvalue weighted by molar-refractivity contribution is -0.196. The van der Waals surface area contributed by atoms with E-state index in [0.29, 0.717) is 28.3 Å². The average Bonchev–Trinajstić information content (AvgIpc) is 3.12. The number of carbonyl (C=O) groups is 1. The molecule has 2 aromatic rings. The van der Waals surface area contributed by atoms with Gasteiger partial charge in [-0.05, 0) is 37.3 Å². The number of halogens is 2. The molecule has 1 aliphatic heterocycles. The highest BCUT2D eigenvalue weighted by molar-refractivity contribution is 7.09. The van der Waals surface area contributed by atoms with Crippen molar-refractivity contribution >= 4 is 40.5 Å². The molecule has 2 heterocycles. The van der Waals surface area contributed by atoms with Crippen molar-refractivity contribution < 1.29 is 14.4 Å². The van der Waals surface area contributed by atoms with Gasteiger partial charge >= 0.3 is 5.97 Å². The molecule has 0 unspecified atom stereocenters. The predicted octanol–water partition coefficient (Wildman–Crippen LogP) is 4.63. The van der Waals surface area contributed by atoms with Gasteiger partial charge in [0.2, 0.25) is 0 Å². The van der Waals surface area contributed by atoms with E-state index in [0.717, 1.165) is 37.4 Å². The van der Waals surface area contributed by atoms with Crippen LogP contribution in [0, 0.1) is 5.92 Å². The van der Waals surface area contributed by atoms with Crippen molar-refractivity contribution in [3.8, 4) is 5.75 Å². The van der Waals surface area contributed by atoms with Gasteiger partial charge in [0.1, 0.15) is 10.8 Å². The largest absolute Gasteiger partial charge is 0.492 e. The van der Waals surface area contributed by atoms with E-state index in [2.05, 4.69) is 4.98 Å². The fraction of sp³-hybridized carbons (Fsp3) is 0.444. The highest BCUT2D eigenvalue weighted by Crippen LogP contribution is 2.28. The van der Waals surface area contributed by atoms with Gasteiger partial charge in [0.05, 0.1) is 18.1 Å². The minimum Gasteiger partial charge on any atom is -0.492 e. The first kappa shape index (κ1) is 19.4. The lowest BCUT2D eigenvalue weighted by atomic mass is 9.95. The molecule has 1 aromatic carbocycles. The van der Waals surface area contributed by atoms with Crippen LogP contribution in [0.25, 0.3) is 0 Å². The maximum absolute atomic E-state index is 11.9. The summed E-state index contributed by atoms with van der Waals surface area (Å²) >= 11 is 13.5. The molecule has 1 saturated heterocycles. The summed E-state index contributed by atoms with van der Waals surface area (Å²) in [4.78, 5) is 21.4. The van der Waals surface area contributed by atoms with Crippen LogP contribution in [0.2, 0.25) is 10.0 Å². The molecule has 5 nitrogen and oxygen atoms in total. The summed E-state index contributed by atoms with van der Waals surface area (Å²) in [7, 11) is 0. The number of hydroxylamine groups is 2. The van der Waals surface area contributed by atoms with E-state index in [4.69, 9.17) is 32.8 Å². The van der Waals surface area contributed by atoms with Gasteiger partial charge in [0.15, 0.2) is 0 Å². The zero-order chi connectivity index (χ0) is 18.4. The Hall–Kier alpha value is -1.34. The third kappa shape index (κ3) is 5.84. The van der Waals surface area contributed by atoms with Crippen LogP contribution >= 0.6 is 34.5 Å². The summed E-state index contributed by atoms with van der Waals surface area (Å²) in [6.07, 6.45) is 4.79. The third-order valence-electron chi connectivity index (χ3n) is 4.26. The van der Waals surface area contributed by atoms with Crippen molar-refractivity contribution in [1.82, 2.24) is 10.0 Å². The van der Waals surface area contributed by atoms with E-state index >= 15 is 0 Å².